The van der Waals surface area contributed by atoms with Crippen LogP contribution in [0.3, 0.4) is 0 Å². The van der Waals surface area contributed by atoms with Crippen LogP contribution < -0.4 is 10.2 Å². The Morgan fingerprint density at radius 3 is 2.15 bits per heavy atom. The molecule has 3 amide bonds. The molecular weight excluding hydrogens is 344 g/mol. The number of amides is 3. The van der Waals surface area contributed by atoms with Gasteiger partial charge in [-0.2, -0.15) is 0 Å². The lowest BCUT2D eigenvalue weighted by Gasteiger charge is -2.17. The zero-order valence-corrected chi connectivity index (χ0v) is 15.6. The lowest BCUT2D eigenvalue weighted by molar-refractivity contribution is -0.139. The average molecular weight is 364 g/mol. The van der Waals surface area contributed by atoms with Gasteiger partial charge in [0, 0.05) is 5.69 Å². The van der Waals surface area contributed by atoms with Crippen molar-refractivity contribution in [2.45, 2.75) is 27.7 Å². The third-order valence-electron chi connectivity index (χ3n) is 4.66. The molecule has 2 aromatic carbocycles. The van der Waals surface area contributed by atoms with Gasteiger partial charge in [-0.25, -0.2) is 4.90 Å². The second-order valence-electron chi connectivity index (χ2n) is 6.87. The predicted molar refractivity (Wildman–Crippen MR) is 101 cm³/mol. The molecule has 0 aromatic heterocycles. The van der Waals surface area contributed by atoms with E-state index in [4.69, 9.17) is 0 Å². The van der Waals surface area contributed by atoms with E-state index in [-0.39, 0.29) is 0 Å². The molecule has 1 atom stereocenters. The highest BCUT2D eigenvalue weighted by Crippen LogP contribution is 2.29. The maximum absolute atomic E-state index is 12.8. The summed E-state index contributed by atoms with van der Waals surface area (Å²) in [5.41, 5.74) is 4.08. The second-order valence-corrected chi connectivity index (χ2v) is 6.87. The van der Waals surface area contributed by atoms with Gasteiger partial charge in [-0.05, 0) is 62.1 Å². The number of Topliss-reactive ketones (excluding diaryl/α,β-unsaturated/α-hetero) is 1. The second kappa shape index (κ2) is 6.79. The summed E-state index contributed by atoms with van der Waals surface area (Å²) in [6.07, 6.45) is 0. The monoisotopic (exact) mass is 364 g/mol. The molecule has 0 unspecified atom stereocenters. The van der Waals surface area contributed by atoms with Crippen molar-refractivity contribution in [3.63, 3.8) is 0 Å². The van der Waals surface area contributed by atoms with E-state index in [0.717, 1.165) is 21.6 Å². The van der Waals surface area contributed by atoms with Gasteiger partial charge in [0.25, 0.3) is 5.91 Å². The van der Waals surface area contributed by atoms with Crippen molar-refractivity contribution in [3.05, 3.63) is 58.7 Å². The first-order valence-corrected chi connectivity index (χ1v) is 8.58. The zero-order chi connectivity index (χ0) is 19.9. The fourth-order valence-corrected chi connectivity index (χ4v) is 3.07. The topological polar surface area (TPSA) is 83.6 Å². The molecule has 138 valence electrons. The molecule has 1 fully saturated rings. The molecule has 0 radical (unpaired) electrons. The van der Waals surface area contributed by atoms with Gasteiger partial charge >= 0.3 is 5.91 Å². The molecule has 1 saturated heterocycles. The largest absolute Gasteiger partial charge is 0.325 e. The standard InChI is InChI=1S/C21H20N2O4/c1-11-5-7-13(3)15(9-11)22-19(25)17-18(24)21(27)23(20(17)26)16-10-12(2)6-8-14(16)4/h5-10,17H,1-4H3,(H,22,25)/t17-/m1/s1. The first-order valence-electron chi connectivity index (χ1n) is 8.58. The number of hydrogen-bond acceptors (Lipinski definition) is 4. The molecule has 6 heteroatoms. The fraction of sp³-hybridized carbons (Fsp3) is 0.238. The van der Waals surface area contributed by atoms with Crippen LogP contribution in [0, 0.1) is 33.6 Å². The van der Waals surface area contributed by atoms with Crippen LogP contribution in [-0.4, -0.2) is 23.5 Å². The molecule has 0 saturated carbocycles. The molecule has 6 nitrogen and oxygen atoms in total. The Balaban J connectivity index is 1.93. The maximum atomic E-state index is 12.8. The highest BCUT2D eigenvalue weighted by molar-refractivity contribution is 6.60. The van der Waals surface area contributed by atoms with Crippen LogP contribution in [0.5, 0.6) is 0 Å². The van der Waals surface area contributed by atoms with E-state index in [1.54, 1.807) is 32.0 Å². The molecule has 3 rings (SSSR count). The van der Waals surface area contributed by atoms with E-state index in [1.165, 1.54) is 0 Å². The summed E-state index contributed by atoms with van der Waals surface area (Å²) in [6.45, 7) is 7.23. The van der Waals surface area contributed by atoms with Crippen molar-refractivity contribution in [2.24, 2.45) is 5.92 Å². The number of imide groups is 1. The van der Waals surface area contributed by atoms with Crippen LogP contribution >= 0.6 is 0 Å². The van der Waals surface area contributed by atoms with E-state index in [9.17, 15) is 19.2 Å². The van der Waals surface area contributed by atoms with Crippen molar-refractivity contribution in [1.29, 1.82) is 0 Å². The minimum absolute atomic E-state index is 0.334. The summed E-state index contributed by atoms with van der Waals surface area (Å²) in [5.74, 6) is -5.27. The minimum atomic E-state index is -1.67. The first-order chi connectivity index (χ1) is 12.7. The average Bonchev–Trinajstić information content (AvgIpc) is 2.83. The SMILES string of the molecule is Cc1ccc(C)c(NC(=O)[C@H]2C(=O)C(=O)N(c3cc(C)ccc3C)C2=O)c1. The van der Waals surface area contributed by atoms with Gasteiger partial charge in [0.2, 0.25) is 11.7 Å². The number of nitrogens with zero attached hydrogens (tertiary/aromatic N) is 1. The van der Waals surface area contributed by atoms with Gasteiger partial charge in [-0.15, -0.1) is 0 Å². The van der Waals surface area contributed by atoms with E-state index in [0.29, 0.717) is 16.9 Å². The number of aryl methyl sites for hydroxylation is 4. The van der Waals surface area contributed by atoms with Gasteiger partial charge in [0.05, 0.1) is 5.69 Å². The lowest BCUT2D eigenvalue weighted by Crippen LogP contribution is -2.35. The van der Waals surface area contributed by atoms with E-state index in [1.807, 2.05) is 32.0 Å². The van der Waals surface area contributed by atoms with Crippen LogP contribution in [0.15, 0.2) is 36.4 Å². The number of carbonyl (C=O) groups is 4. The van der Waals surface area contributed by atoms with Crippen LogP contribution in [0.2, 0.25) is 0 Å². The number of nitrogens with one attached hydrogen (secondary N) is 1. The first kappa shape index (κ1) is 18.5. The summed E-state index contributed by atoms with van der Waals surface area (Å²) in [7, 11) is 0. The van der Waals surface area contributed by atoms with Crippen LogP contribution in [0.1, 0.15) is 22.3 Å². The maximum Gasteiger partial charge on any atom is 0.302 e. The summed E-state index contributed by atoms with van der Waals surface area (Å²) in [6, 6.07) is 10.7. The van der Waals surface area contributed by atoms with Gasteiger partial charge in [-0.3, -0.25) is 19.2 Å². The van der Waals surface area contributed by atoms with Crippen molar-refractivity contribution in [1.82, 2.24) is 0 Å². The number of carbonyl (C=O) groups excluding carboxylic acids is 4. The Kier molecular flexibility index (Phi) is 4.66. The molecule has 2 aromatic rings. The molecule has 1 N–H and O–H groups in total. The highest BCUT2D eigenvalue weighted by Gasteiger charge is 2.51. The van der Waals surface area contributed by atoms with Gasteiger partial charge in [-0.1, -0.05) is 24.3 Å². The number of benzene rings is 2. The van der Waals surface area contributed by atoms with Gasteiger partial charge < -0.3 is 5.32 Å². The van der Waals surface area contributed by atoms with Crippen LogP contribution in [-0.2, 0) is 19.2 Å². The minimum Gasteiger partial charge on any atom is -0.325 e. The number of anilines is 2. The lowest BCUT2D eigenvalue weighted by atomic mass is 10.0. The molecule has 27 heavy (non-hydrogen) atoms. The highest BCUT2D eigenvalue weighted by atomic mass is 16.2. The number of rotatable bonds is 3. The van der Waals surface area contributed by atoms with Crippen molar-refractivity contribution < 1.29 is 19.2 Å². The Morgan fingerprint density at radius 1 is 0.889 bits per heavy atom. The number of ketones is 1. The Bertz CT molecular complexity index is 994. The van der Waals surface area contributed by atoms with Crippen LogP contribution in [0.25, 0.3) is 0 Å². The third-order valence-corrected chi connectivity index (χ3v) is 4.66. The third kappa shape index (κ3) is 3.26. The number of hydrogen-bond donors (Lipinski definition) is 1. The van der Waals surface area contributed by atoms with E-state index >= 15 is 0 Å². The van der Waals surface area contributed by atoms with E-state index < -0.39 is 29.4 Å². The summed E-state index contributed by atoms with van der Waals surface area (Å²) in [4.78, 5) is 51.1. The van der Waals surface area contributed by atoms with Crippen LogP contribution in [0.4, 0.5) is 11.4 Å². The Hall–Kier alpha value is -3.28. The smallest absolute Gasteiger partial charge is 0.302 e. The molecule has 1 aliphatic rings. The Labute approximate surface area is 157 Å². The molecule has 0 aliphatic carbocycles. The molecule has 1 heterocycles. The quantitative estimate of drug-likeness (QED) is 0.515. The zero-order valence-electron chi connectivity index (χ0n) is 15.6. The van der Waals surface area contributed by atoms with Crippen molar-refractivity contribution >= 4 is 34.9 Å². The molecule has 0 bridgehead atoms. The van der Waals surface area contributed by atoms with Crippen molar-refractivity contribution in [3.8, 4) is 0 Å². The van der Waals surface area contributed by atoms with Gasteiger partial charge in [0.1, 0.15) is 0 Å². The summed E-state index contributed by atoms with van der Waals surface area (Å²) in [5, 5.41) is 2.61. The predicted octanol–water partition coefficient (Wildman–Crippen LogP) is 2.62. The fourth-order valence-electron chi connectivity index (χ4n) is 3.07. The van der Waals surface area contributed by atoms with Gasteiger partial charge in [0.15, 0.2) is 5.92 Å². The molecular formula is C21H20N2O4. The summed E-state index contributed by atoms with van der Waals surface area (Å²) >= 11 is 0. The normalized spacial score (nSPS) is 16.8. The molecule has 1 aliphatic heterocycles. The summed E-state index contributed by atoms with van der Waals surface area (Å²) < 4.78 is 0. The van der Waals surface area contributed by atoms with Crippen molar-refractivity contribution in [2.75, 3.05) is 10.2 Å². The Morgan fingerprint density at radius 2 is 1.48 bits per heavy atom. The van der Waals surface area contributed by atoms with E-state index in [2.05, 4.69) is 5.32 Å². The molecule has 0 spiro atoms.